The van der Waals surface area contributed by atoms with Crippen LogP contribution in [0.2, 0.25) is 0 Å². The Morgan fingerprint density at radius 3 is 2.59 bits per heavy atom. The summed E-state index contributed by atoms with van der Waals surface area (Å²) in [5.74, 6) is 1.25. The smallest absolute Gasteiger partial charge is 0.149 e. The van der Waals surface area contributed by atoms with E-state index in [0.29, 0.717) is 5.82 Å². The molecule has 88 valence electrons. The van der Waals surface area contributed by atoms with Crippen LogP contribution >= 0.6 is 15.9 Å². The molecule has 17 heavy (non-hydrogen) atoms. The Kier molecular flexibility index (Phi) is 3.28. The molecular formula is C12H12BrN3O. The standard InChI is InChI=1S/C12H12BrN3O/c1-7-5-10(15-16-12(7)14)8-3-4-11(17-2)9(13)6-8/h3-6H,1-2H3,(H2,14,16). The van der Waals surface area contributed by atoms with Crippen LogP contribution in [0.3, 0.4) is 0 Å². The number of aromatic nitrogens is 2. The highest BCUT2D eigenvalue weighted by Gasteiger charge is 2.06. The highest BCUT2D eigenvalue weighted by molar-refractivity contribution is 9.10. The quantitative estimate of drug-likeness (QED) is 0.925. The minimum absolute atomic E-state index is 0.460. The summed E-state index contributed by atoms with van der Waals surface area (Å²) >= 11 is 3.44. The molecule has 0 spiro atoms. The third kappa shape index (κ3) is 2.39. The van der Waals surface area contributed by atoms with Crippen molar-refractivity contribution in [3.8, 4) is 17.0 Å². The van der Waals surface area contributed by atoms with Crippen molar-refractivity contribution in [2.24, 2.45) is 0 Å². The summed E-state index contributed by atoms with van der Waals surface area (Å²) in [7, 11) is 1.63. The minimum Gasteiger partial charge on any atom is -0.496 e. The Morgan fingerprint density at radius 2 is 2.00 bits per heavy atom. The normalized spacial score (nSPS) is 10.3. The van der Waals surface area contributed by atoms with E-state index in [9.17, 15) is 0 Å². The van der Waals surface area contributed by atoms with Crippen LogP contribution in [-0.2, 0) is 0 Å². The topological polar surface area (TPSA) is 61.0 Å². The van der Waals surface area contributed by atoms with E-state index in [1.54, 1.807) is 7.11 Å². The third-order valence-corrected chi connectivity index (χ3v) is 3.09. The molecule has 1 aromatic heterocycles. The van der Waals surface area contributed by atoms with Crippen LogP contribution in [0.25, 0.3) is 11.3 Å². The van der Waals surface area contributed by atoms with Gasteiger partial charge in [0, 0.05) is 5.56 Å². The van der Waals surface area contributed by atoms with Crippen molar-refractivity contribution >= 4 is 21.7 Å². The van der Waals surface area contributed by atoms with Gasteiger partial charge in [0.25, 0.3) is 0 Å². The Bertz CT molecular complexity index is 557. The zero-order chi connectivity index (χ0) is 12.4. The number of aryl methyl sites for hydroxylation is 1. The van der Waals surface area contributed by atoms with E-state index in [1.165, 1.54) is 0 Å². The molecule has 0 atom stereocenters. The molecule has 5 heteroatoms. The van der Waals surface area contributed by atoms with Crippen molar-refractivity contribution in [1.29, 1.82) is 0 Å². The predicted molar refractivity (Wildman–Crippen MR) is 70.9 cm³/mol. The number of ether oxygens (including phenoxy) is 1. The number of anilines is 1. The van der Waals surface area contributed by atoms with Gasteiger partial charge in [0.15, 0.2) is 0 Å². The molecule has 0 fully saturated rings. The summed E-state index contributed by atoms with van der Waals surface area (Å²) in [6.07, 6.45) is 0. The van der Waals surface area contributed by atoms with Gasteiger partial charge in [0.2, 0.25) is 0 Å². The number of hydrogen-bond acceptors (Lipinski definition) is 4. The molecule has 0 aliphatic carbocycles. The highest BCUT2D eigenvalue weighted by atomic mass is 79.9. The van der Waals surface area contributed by atoms with E-state index in [0.717, 1.165) is 27.0 Å². The molecule has 0 radical (unpaired) electrons. The van der Waals surface area contributed by atoms with Gasteiger partial charge >= 0.3 is 0 Å². The maximum atomic E-state index is 5.64. The van der Waals surface area contributed by atoms with Crippen LogP contribution in [0, 0.1) is 6.92 Å². The van der Waals surface area contributed by atoms with E-state index in [2.05, 4.69) is 26.1 Å². The Morgan fingerprint density at radius 1 is 1.24 bits per heavy atom. The molecule has 1 heterocycles. The number of hydrogen-bond donors (Lipinski definition) is 1. The van der Waals surface area contributed by atoms with Crippen LogP contribution in [0.15, 0.2) is 28.7 Å². The maximum absolute atomic E-state index is 5.64. The fraction of sp³-hybridized carbons (Fsp3) is 0.167. The number of nitrogen functional groups attached to an aromatic ring is 1. The first-order chi connectivity index (χ1) is 8.11. The molecule has 0 unspecified atom stereocenters. The zero-order valence-electron chi connectivity index (χ0n) is 9.57. The van der Waals surface area contributed by atoms with E-state index in [4.69, 9.17) is 10.5 Å². The SMILES string of the molecule is COc1ccc(-c2cc(C)c(N)nn2)cc1Br. The first kappa shape index (κ1) is 11.9. The summed E-state index contributed by atoms with van der Waals surface area (Å²) in [4.78, 5) is 0. The van der Waals surface area contributed by atoms with E-state index < -0.39 is 0 Å². The second kappa shape index (κ2) is 4.71. The van der Waals surface area contributed by atoms with Gasteiger partial charge in [-0.05, 0) is 52.7 Å². The summed E-state index contributed by atoms with van der Waals surface area (Å²) in [6, 6.07) is 7.67. The number of benzene rings is 1. The Labute approximate surface area is 108 Å². The molecule has 2 rings (SSSR count). The van der Waals surface area contributed by atoms with Crippen molar-refractivity contribution in [1.82, 2.24) is 10.2 Å². The molecule has 0 saturated carbocycles. The maximum Gasteiger partial charge on any atom is 0.149 e. The number of halogens is 1. The van der Waals surface area contributed by atoms with Gasteiger partial charge in [-0.25, -0.2) is 0 Å². The number of nitrogens with two attached hydrogens (primary N) is 1. The first-order valence-electron chi connectivity index (χ1n) is 5.05. The van der Waals surface area contributed by atoms with Gasteiger partial charge in [-0.15, -0.1) is 10.2 Å². The molecule has 4 nitrogen and oxygen atoms in total. The predicted octanol–water partition coefficient (Wildman–Crippen LogP) is 2.81. The fourth-order valence-electron chi connectivity index (χ4n) is 1.46. The van der Waals surface area contributed by atoms with E-state index >= 15 is 0 Å². The summed E-state index contributed by atoms with van der Waals surface area (Å²) in [5, 5.41) is 7.98. The van der Waals surface area contributed by atoms with E-state index in [-0.39, 0.29) is 0 Å². The largest absolute Gasteiger partial charge is 0.496 e. The highest BCUT2D eigenvalue weighted by Crippen LogP contribution is 2.30. The molecule has 0 bridgehead atoms. The van der Waals surface area contributed by atoms with Crippen molar-refractivity contribution in [3.63, 3.8) is 0 Å². The second-order valence-electron chi connectivity index (χ2n) is 3.65. The van der Waals surface area contributed by atoms with Crippen LogP contribution in [-0.4, -0.2) is 17.3 Å². The average molecular weight is 294 g/mol. The molecule has 0 aliphatic heterocycles. The van der Waals surface area contributed by atoms with Crippen molar-refractivity contribution in [3.05, 3.63) is 34.3 Å². The monoisotopic (exact) mass is 293 g/mol. The second-order valence-corrected chi connectivity index (χ2v) is 4.50. The van der Waals surface area contributed by atoms with Gasteiger partial charge in [0.05, 0.1) is 17.3 Å². The molecule has 0 amide bonds. The molecule has 0 aliphatic rings. The van der Waals surface area contributed by atoms with Crippen LogP contribution in [0.1, 0.15) is 5.56 Å². The molecule has 1 aromatic carbocycles. The number of rotatable bonds is 2. The van der Waals surface area contributed by atoms with Crippen molar-refractivity contribution in [2.75, 3.05) is 12.8 Å². The lowest BCUT2D eigenvalue weighted by Crippen LogP contribution is -1.98. The van der Waals surface area contributed by atoms with Gasteiger partial charge in [-0.1, -0.05) is 0 Å². The lowest BCUT2D eigenvalue weighted by atomic mass is 10.1. The molecule has 2 aromatic rings. The van der Waals surface area contributed by atoms with E-state index in [1.807, 2.05) is 31.2 Å². The average Bonchev–Trinajstić information content (AvgIpc) is 2.32. The fourth-order valence-corrected chi connectivity index (χ4v) is 2.00. The molecule has 2 N–H and O–H groups in total. The van der Waals surface area contributed by atoms with Crippen LogP contribution < -0.4 is 10.5 Å². The number of nitrogens with zero attached hydrogens (tertiary/aromatic N) is 2. The zero-order valence-corrected chi connectivity index (χ0v) is 11.2. The van der Waals surface area contributed by atoms with Crippen molar-refractivity contribution in [2.45, 2.75) is 6.92 Å². The van der Waals surface area contributed by atoms with Crippen LogP contribution in [0.5, 0.6) is 5.75 Å². The summed E-state index contributed by atoms with van der Waals surface area (Å²) in [6.45, 7) is 1.91. The molecule has 0 saturated heterocycles. The van der Waals surface area contributed by atoms with Gasteiger partial charge < -0.3 is 10.5 Å². The van der Waals surface area contributed by atoms with Crippen LogP contribution in [0.4, 0.5) is 5.82 Å². The Hall–Kier alpha value is -1.62. The summed E-state index contributed by atoms with van der Waals surface area (Å²) < 4.78 is 6.06. The third-order valence-electron chi connectivity index (χ3n) is 2.47. The van der Waals surface area contributed by atoms with Crippen molar-refractivity contribution < 1.29 is 4.74 Å². The summed E-state index contributed by atoms with van der Waals surface area (Å²) in [5.41, 5.74) is 8.32. The van der Waals surface area contributed by atoms with Gasteiger partial charge in [-0.2, -0.15) is 0 Å². The Balaban J connectivity index is 2.46. The lowest BCUT2D eigenvalue weighted by molar-refractivity contribution is 0.412. The first-order valence-corrected chi connectivity index (χ1v) is 5.85. The van der Waals surface area contributed by atoms with Gasteiger partial charge in [0.1, 0.15) is 11.6 Å². The minimum atomic E-state index is 0.460. The molecular weight excluding hydrogens is 282 g/mol. The lowest BCUT2D eigenvalue weighted by Gasteiger charge is -2.06. The van der Waals surface area contributed by atoms with Gasteiger partial charge in [-0.3, -0.25) is 0 Å². The number of methoxy groups -OCH3 is 1.